The average Bonchev–Trinajstić information content (AvgIpc) is 3.03. The second-order valence-electron chi connectivity index (χ2n) is 6.49. The van der Waals surface area contributed by atoms with Crippen molar-refractivity contribution in [2.24, 2.45) is 0 Å². The largest absolute Gasteiger partial charge is 0.343 e. The third-order valence-electron chi connectivity index (χ3n) is 4.75. The van der Waals surface area contributed by atoms with Crippen molar-refractivity contribution in [1.82, 2.24) is 14.9 Å². The Labute approximate surface area is 139 Å². The first-order valence-electron chi connectivity index (χ1n) is 8.29. The van der Waals surface area contributed by atoms with Crippen LogP contribution in [0.1, 0.15) is 30.0 Å². The minimum absolute atomic E-state index is 0.415. The number of piperidine rings is 1. The van der Waals surface area contributed by atoms with E-state index in [9.17, 15) is 8.78 Å². The van der Waals surface area contributed by atoms with Gasteiger partial charge in [-0.1, -0.05) is 6.07 Å². The minimum Gasteiger partial charge on any atom is -0.343 e. The lowest BCUT2D eigenvalue weighted by Gasteiger charge is -2.32. The Bertz CT molecular complexity index is 826. The van der Waals surface area contributed by atoms with Crippen molar-refractivity contribution in [2.75, 3.05) is 13.1 Å². The molecule has 4 rings (SSSR count). The van der Waals surface area contributed by atoms with Crippen molar-refractivity contribution >= 4 is 11.0 Å². The maximum absolute atomic E-state index is 13.4. The van der Waals surface area contributed by atoms with Gasteiger partial charge >= 0.3 is 0 Å². The second-order valence-corrected chi connectivity index (χ2v) is 6.49. The highest BCUT2D eigenvalue weighted by Crippen LogP contribution is 2.29. The minimum atomic E-state index is -0.791. The number of benzene rings is 1. The van der Waals surface area contributed by atoms with Gasteiger partial charge in [0.2, 0.25) is 0 Å². The summed E-state index contributed by atoms with van der Waals surface area (Å²) in [5.74, 6) is -1.15. The first-order chi connectivity index (χ1) is 11.7. The summed E-state index contributed by atoms with van der Waals surface area (Å²) in [4.78, 5) is 10.1. The van der Waals surface area contributed by atoms with E-state index in [1.165, 1.54) is 17.8 Å². The third-order valence-corrected chi connectivity index (χ3v) is 4.75. The molecule has 1 aromatic carbocycles. The van der Waals surface area contributed by atoms with E-state index in [1.807, 2.05) is 6.07 Å². The molecule has 1 atom stereocenters. The number of fused-ring (bicyclic) bond motifs is 1. The Morgan fingerprint density at radius 1 is 1.17 bits per heavy atom. The summed E-state index contributed by atoms with van der Waals surface area (Å²) in [7, 11) is 0. The van der Waals surface area contributed by atoms with Crippen LogP contribution in [0.2, 0.25) is 0 Å². The maximum Gasteiger partial charge on any atom is 0.159 e. The van der Waals surface area contributed by atoms with Crippen molar-refractivity contribution in [3.8, 4) is 0 Å². The van der Waals surface area contributed by atoms with E-state index in [4.69, 9.17) is 0 Å². The van der Waals surface area contributed by atoms with E-state index in [1.54, 1.807) is 12.3 Å². The molecule has 24 heavy (non-hydrogen) atoms. The standard InChI is InChI=1S/C19H19F2N3/c20-16-6-5-13(9-17(16)21)11-24-8-2-4-15(12-24)18-10-14-3-1-7-22-19(14)23-18/h1,3,5-7,9-10,15H,2,4,8,11-12H2,(H,22,23)/t15-/m0/s1. The van der Waals surface area contributed by atoms with Crippen LogP contribution in [0.4, 0.5) is 8.78 Å². The van der Waals surface area contributed by atoms with Gasteiger partial charge in [0.25, 0.3) is 0 Å². The zero-order valence-electron chi connectivity index (χ0n) is 13.3. The number of pyridine rings is 1. The number of rotatable bonds is 3. The van der Waals surface area contributed by atoms with Crippen molar-refractivity contribution in [3.63, 3.8) is 0 Å². The highest BCUT2D eigenvalue weighted by Gasteiger charge is 2.23. The molecule has 1 aliphatic rings. The lowest BCUT2D eigenvalue weighted by Crippen LogP contribution is -2.34. The summed E-state index contributed by atoms with van der Waals surface area (Å²) >= 11 is 0. The molecule has 3 heterocycles. The molecule has 0 spiro atoms. The summed E-state index contributed by atoms with van der Waals surface area (Å²) in [6, 6.07) is 10.3. The zero-order chi connectivity index (χ0) is 16.5. The quantitative estimate of drug-likeness (QED) is 0.781. The van der Waals surface area contributed by atoms with Crippen LogP contribution in [0.5, 0.6) is 0 Å². The van der Waals surface area contributed by atoms with Crippen molar-refractivity contribution in [3.05, 3.63) is 65.5 Å². The lowest BCUT2D eigenvalue weighted by molar-refractivity contribution is 0.198. The maximum atomic E-state index is 13.4. The van der Waals surface area contributed by atoms with E-state index in [2.05, 4.69) is 27.0 Å². The zero-order valence-corrected chi connectivity index (χ0v) is 13.3. The molecular formula is C19H19F2N3. The fourth-order valence-electron chi connectivity index (χ4n) is 3.55. The molecule has 0 unspecified atom stereocenters. The normalized spacial score (nSPS) is 19.0. The van der Waals surface area contributed by atoms with Gasteiger partial charge in [0, 0.05) is 36.3 Å². The monoisotopic (exact) mass is 327 g/mol. The first kappa shape index (κ1) is 15.3. The average molecular weight is 327 g/mol. The SMILES string of the molecule is Fc1ccc(CN2CCC[C@H](c3cc4cccnc4[nH]3)C2)cc1F. The van der Waals surface area contributed by atoms with Gasteiger partial charge in [0.05, 0.1) is 0 Å². The lowest BCUT2D eigenvalue weighted by atomic mass is 9.94. The van der Waals surface area contributed by atoms with Crippen LogP contribution < -0.4 is 0 Å². The summed E-state index contributed by atoms with van der Waals surface area (Å²) in [6.07, 6.45) is 4.01. The molecule has 0 radical (unpaired) electrons. The van der Waals surface area contributed by atoms with Crippen LogP contribution >= 0.6 is 0 Å². The van der Waals surface area contributed by atoms with E-state index in [0.29, 0.717) is 12.5 Å². The number of hydrogen-bond donors (Lipinski definition) is 1. The van der Waals surface area contributed by atoms with Gasteiger partial charge in [-0.25, -0.2) is 13.8 Å². The van der Waals surface area contributed by atoms with Crippen LogP contribution in [0, 0.1) is 11.6 Å². The summed E-state index contributed by atoms with van der Waals surface area (Å²) < 4.78 is 26.5. The van der Waals surface area contributed by atoms with E-state index >= 15 is 0 Å². The van der Waals surface area contributed by atoms with Crippen LogP contribution in [-0.2, 0) is 6.54 Å². The number of nitrogens with one attached hydrogen (secondary N) is 1. The molecule has 1 fully saturated rings. The highest BCUT2D eigenvalue weighted by atomic mass is 19.2. The molecule has 5 heteroatoms. The molecule has 0 saturated carbocycles. The number of aromatic nitrogens is 2. The number of halogens is 2. The Morgan fingerprint density at radius 3 is 2.92 bits per heavy atom. The van der Waals surface area contributed by atoms with Crippen molar-refractivity contribution in [2.45, 2.75) is 25.3 Å². The van der Waals surface area contributed by atoms with Gasteiger partial charge in [-0.3, -0.25) is 4.90 Å². The smallest absolute Gasteiger partial charge is 0.159 e. The third kappa shape index (κ3) is 3.04. The molecule has 3 nitrogen and oxygen atoms in total. The van der Waals surface area contributed by atoms with Gasteiger partial charge in [-0.2, -0.15) is 0 Å². The number of nitrogens with zero attached hydrogens (tertiary/aromatic N) is 2. The summed E-state index contributed by atoms with van der Waals surface area (Å²) in [6.45, 7) is 2.53. The number of aromatic amines is 1. The van der Waals surface area contributed by atoms with E-state index < -0.39 is 11.6 Å². The molecule has 0 aliphatic carbocycles. The Kier molecular flexibility index (Phi) is 4.02. The van der Waals surface area contributed by atoms with Crippen LogP contribution in [-0.4, -0.2) is 28.0 Å². The van der Waals surface area contributed by atoms with Gasteiger partial charge in [-0.05, 0) is 55.3 Å². The van der Waals surface area contributed by atoms with Gasteiger partial charge in [-0.15, -0.1) is 0 Å². The molecule has 1 aliphatic heterocycles. The fourth-order valence-corrected chi connectivity index (χ4v) is 3.55. The Hall–Kier alpha value is -2.27. The van der Waals surface area contributed by atoms with Crippen LogP contribution in [0.25, 0.3) is 11.0 Å². The molecule has 1 N–H and O–H groups in total. The Balaban J connectivity index is 1.49. The van der Waals surface area contributed by atoms with Gasteiger partial charge in [0.15, 0.2) is 11.6 Å². The topological polar surface area (TPSA) is 31.9 Å². The van der Waals surface area contributed by atoms with E-state index in [-0.39, 0.29) is 0 Å². The number of hydrogen-bond acceptors (Lipinski definition) is 2. The number of H-pyrrole nitrogens is 1. The van der Waals surface area contributed by atoms with Gasteiger partial charge in [0.1, 0.15) is 5.65 Å². The molecular weight excluding hydrogens is 308 g/mol. The molecule has 1 saturated heterocycles. The molecule has 2 aromatic heterocycles. The first-order valence-corrected chi connectivity index (χ1v) is 8.29. The molecule has 0 amide bonds. The summed E-state index contributed by atoms with van der Waals surface area (Å²) in [5.41, 5.74) is 2.94. The van der Waals surface area contributed by atoms with E-state index in [0.717, 1.165) is 42.5 Å². The molecule has 0 bridgehead atoms. The molecule has 124 valence electrons. The summed E-state index contributed by atoms with van der Waals surface area (Å²) in [5, 5.41) is 1.13. The van der Waals surface area contributed by atoms with Crippen molar-refractivity contribution < 1.29 is 8.78 Å². The fraction of sp³-hybridized carbons (Fsp3) is 0.316. The number of likely N-dealkylation sites (tertiary alicyclic amines) is 1. The molecule has 3 aromatic rings. The Morgan fingerprint density at radius 2 is 2.08 bits per heavy atom. The van der Waals surface area contributed by atoms with Crippen molar-refractivity contribution in [1.29, 1.82) is 0 Å². The van der Waals surface area contributed by atoms with Gasteiger partial charge < -0.3 is 4.98 Å². The highest BCUT2D eigenvalue weighted by molar-refractivity contribution is 5.76. The van der Waals surface area contributed by atoms with Crippen LogP contribution in [0.3, 0.4) is 0 Å². The predicted molar refractivity (Wildman–Crippen MR) is 89.7 cm³/mol. The predicted octanol–water partition coefficient (Wildman–Crippen LogP) is 4.22. The van der Waals surface area contributed by atoms with Crippen LogP contribution in [0.15, 0.2) is 42.6 Å². The second kappa shape index (κ2) is 6.32.